The van der Waals surface area contributed by atoms with Crippen LogP contribution in [0.3, 0.4) is 0 Å². The summed E-state index contributed by atoms with van der Waals surface area (Å²) in [4.78, 5) is 12.6. The molecule has 2 aromatic carbocycles. The second-order valence-corrected chi connectivity index (χ2v) is 9.93. The summed E-state index contributed by atoms with van der Waals surface area (Å²) in [6, 6.07) is 12.0. The number of nitrogens with zero attached hydrogens (tertiary/aromatic N) is 1. The van der Waals surface area contributed by atoms with Crippen LogP contribution >= 0.6 is 23.2 Å². The van der Waals surface area contributed by atoms with Crippen LogP contribution in [0.15, 0.2) is 42.5 Å². The Hall–Kier alpha value is -1.80. The van der Waals surface area contributed by atoms with Gasteiger partial charge in [0.2, 0.25) is 15.9 Å². The number of sulfonamides is 1. The molecule has 30 heavy (non-hydrogen) atoms. The normalized spacial score (nSPS) is 15.7. The Morgan fingerprint density at radius 2 is 1.90 bits per heavy atom. The molecule has 9 heteroatoms. The molecule has 0 saturated carbocycles. The lowest BCUT2D eigenvalue weighted by molar-refractivity contribution is -0.120. The van der Waals surface area contributed by atoms with Crippen LogP contribution in [0.5, 0.6) is 5.75 Å². The number of hydrogen-bond donors (Lipinski definition) is 1. The molecule has 0 spiro atoms. The lowest BCUT2D eigenvalue weighted by Gasteiger charge is -2.30. The van der Waals surface area contributed by atoms with Gasteiger partial charge in [-0.15, -0.1) is 0 Å². The van der Waals surface area contributed by atoms with Crippen LogP contribution in [0, 0.1) is 5.92 Å². The molecule has 1 aliphatic rings. The number of benzene rings is 2. The quantitative estimate of drug-likeness (QED) is 0.642. The van der Waals surface area contributed by atoms with Crippen molar-refractivity contribution < 1.29 is 17.9 Å². The summed E-state index contributed by atoms with van der Waals surface area (Å²) < 4.78 is 32.4. The number of nitrogens with one attached hydrogen (secondary N) is 1. The Kier molecular flexibility index (Phi) is 7.63. The largest absolute Gasteiger partial charge is 0.494 e. The first-order valence-electron chi connectivity index (χ1n) is 9.74. The van der Waals surface area contributed by atoms with Crippen LogP contribution in [-0.2, 0) is 20.6 Å². The van der Waals surface area contributed by atoms with E-state index in [0.29, 0.717) is 59.6 Å². The van der Waals surface area contributed by atoms with E-state index >= 15 is 0 Å². The zero-order valence-electron chi connectivity index (χ0n) is 16.6. The molecule has 1 N–H and O–H groups in total. The van der Waals surface area contributed by atoms with Gasteiger partial charge in [-0.2, -0.15) is 0 Å². The van der Waals surface area contributed by atoms with Gasteiger partial charge < -0.3 is 10.1 Å². The van der Waals surface area contributed by atoms with Crippen LogP contribution in [-0.4, -0.2) is 38.3 Å². The molecular formula is C21H24Cl2N2O4S. The van der Waals surface area contributed by atoms with E-state index in [4.69, 9.17) is 27.9 Å². The number of carbonyl (C=O) groups excluding carboxylic acids is 1. The van der Waals surface area contributed by atoms with E-state index in [-0.39, 0.29) is 17.6 Å². The molecule has 1 aliphatic heterocycles. The molecule has 2 aromatic rings. The highest BCUT2D eigenvalue weighted by Crippen LogP contribution is 2.27. The zero-order valence-corrected chi connectivity index (χ0v) is 18.9. The van der Waals surface area contributed by atoms with Gasteiger partial charge in [0.25, 0.3) is 0 Å². The molecule has 0 aliphatic carbocycles. The standard InChI is InChI=1S/C21H24Cl2N2O4S/c1-2-29-19-5-3-4-18(13-19)24-21(26)15-8-10-25(11-9-15)30(27,28)14-16-6-7-17(22)12-20(16)23/h3-7,12-13,15H,2,8-11,14H2,1H3,(H,24,26). The molecule has 3 rings (SSSR count). The van der Waals surface area contributed by atoms with Gasteiger partial charge in [0.05, 0.1) is 12.4 Å². The number of carbonyl (C=O) groups is 1. The maximum absolute atomic E-state index is 12.8. The predicted octanol–water partition coefficient (Wildman–Crippen LogP) is 4.57. The summed E-state index contributed by atoms with van der Waals surface area (Å²) in [5.74, 6) is 0.147. The number of amides is 1. The molecule has 1 saturated heterocycles. The van der Waals surface area contributed by atoms with Crippen LogP contribution in [0.25, 0.3) is 0 Å². The smallest absolute Gasteiger partial charge is 0.227 e. The fraction of sp³-hybridized carbons (Fsp3) is 0.381. The average Bonchev–Trinajstić information content (AvgIpc) is 2.71. The van der Waals surface area contributed by atoms with E-state index < -0.39 is 10.0 Å². The maximum Gasteiger partial charge on any atom is 0.227 e. The minimum atomic E-state index is -3.53. The number of piperidine rings is 1. The van der Waals surface area contributed by atoms with Gasteiger partial charge in [0.1, 0.15) is 5.75 Å². The molecule has 1 amide bonds. The Morgan fingerprint density at radius 3 is 2.57 bits per heavy atom. The summed E-state index contributed by atoms with van der Waals surface area (Å²) in [6.07, 6.45) is 0.926. The highest BCUT2D eigenvalue weighted by atomic mass is 35.5. The molecule has 1 fully saturated rings. The molecule has 0 unspecified atom stereocenters. The van der Waals surface area contributed by atoms with Crippen molar-refractivity contribution in [3.8, 4) is 5.75 Å². The first kappa shape index (κ1) is 22.9. The van der Waals surface area contributed by atoms with Gasteiger partial charge in [-0.1, -0.05) is 35.3 Å². The minimum absolute atomic E-state index is 0.110. The topological polar surface area (TPSA) is 75.7 Å². The van der Waals surface area contributed by atoms with Crippen LogP contribution < -0.4 is 10.1 Å². The second kappa shape index (κ2) is 10.0. The van der Waals surface area contributed by atoms with Crippen molar-refractivity contribution in [1.29, 1.82) is 0 Å². The molecule has 0 bridgehead atoms. The van der Waals surface area contributed by atoms with Crippen molar-refractivity contribution in [2.75, 3.05) is 25.0 Å². The lowest BCUT2D eigenvalue weighted by atomic mass is 9.97. The summed E-state index contributed by atoms with van der Waals surface area (Å²) in [5.41, 5.74) is 1.17. The minimum Gasteiger partial charge on any atom is -0.494 e. The predicted molar refractivity (Wildman–Crippen MR) is 120 cm³/mol. The van der Waals surface area contributed by atoms with E-state index in [1.165, 1.54) is 10.4 Å². The summed E-state index contributed by atoms with van der Waals surface area (Å²) in [7, 11) is -3.53. The fourth-order valence-electron chi connectivity index (χ4n) is 3.40. The number of hydrogen-bond acceptors (Lipinski definition) is 4. The average molecular weight is 471 g/mol. The third-order valence-electron chi connectivity index (χ3n) is 4.98. The Labute approximate surface area is 187 Å². The SMILES string of the molecule is CCOc1cccc(NC(=O)C2CCN(S(=O)(=O)Cc3ccc(Cl)cc3Cl)CC2)c1. The third kappa shape index (κ3) is 5.88. The van der Waals surface area contributed by atoms with Crippen LogP contribution in [0.2, 0.25) is 10.0 Å². The molecule has 6 nitrogen and oxygen atoms in total. The fourth-order valence-corrected chi connectivity index (χ4v) is 5.55. The van der Waals surface area contributed by atoms with Gasteiger partial charge in [0, 0.05) is 40.8 Å². The van der Waals surface area contributed by atoms with Crippen LogP contribution in [0.4, 0.5) is 5.69 Å². The van der Waals surface area contributed by atoms with E-state index in [0.717, 1.165) is 0 Å². The number of anilines is 1. The van der Waals surface area contributed by atoms with Crippen LogP contribution in [0.1, 0.15) is 25.3 Å². The highest BCUT2D eigenvalue weighted by Gasteiger charge is 2.31. The Morgan fingerprint density at radius 1 is 1.17 bits per heavy atom. The van der Waals surface area contributed by atoms with Gasteiger partial charge in [0.15, 0.2) is 0 Å². The third-order valence-corrected chi connectivity index (χ3v) is 7.40. The number of halogens is 2. The number of rotatable bonds is 7. The molecule has 1 heterocycles. The zero-order chi connectivity index (χ0) is 21.7. The number of ether oxygens (including phenoxy) is 1. The van der Waals surface area contributed by atoms with Gasteiger partial charge in [-0.25, -0.2) is 12.7 Å². The van der Waals surface area contributed by atoms with E-state index in [1.54, 1.807) is 24.3 Å². The summed E-state index contributed by atoms with van der Waals surface area (Å²) in [6.45, 7) is 3.04. The highest BCUT2D eigenvalue weighted by molar-refractivity contribution is 7.88. The Balaban J connectivity index is 1.57. The van der Waals surface area contributed by atoms with E-state index in [2.05, 4.69) is 5.32 Å². The summed E-state index contributed by atoms with van der Waals surface area (Å²) in [5, 5.41) is 3.69. The maximum atomic E-state index is 12.8. The molecular weight excluding hydrogens is 447 g/mol. The van der Waals surface area contributed by atoms with Gasteiger partial charge in [-0.3, -0.25) is 4.79 Å². The molecule has 0 atom stereocenters. The van der Waals surface area contributed by atoms with Gasteiger partial charge in [-0.05, 0) is 49.6 Å². The second-order valence-electron chi connectivity index (χ2n) is 7.12. The van der Waals surface area contributed by atoms with E-state index in [1.807, 2.05) is 19.1 Å². The molecule has 162 valence electrons. The van der Waals surface area contributed by atoms with Crippen molar-refractivity contribution in [1.82, 2.24) is 4.31 Å². The van der Waals surface area contributed by atoms with Crippen molar-refractivity contribution in [3.63, 3.8) is 0 Å². The van der Waals surface area contributed by atoms with Crippen molar-refractivity contribution in [2.24, 2.45) is 5.92 Å². The van der Waals surface area contributed by atoms with E-state index in [9.17, 15) is 13.2 Å². The van der Waals surface area contributed by atoms with Crippen molar-refractivity contribution in [2.45, 2.75) is 25.5 Å². The monoisotopic (exact) mass is 470 g/mol. The summed E-state index contributed by atoms with van der Waals surface area (Å²) >= 11 is 12.0. The van der Waals surface area contributed by atoms with Gasteiger partial charge >= 0.3 is 0 Å². The lowest BCUT2D eigenvalue weighted by Crippen LogP contribution is -2.41. The first-order valence-corrected chi connectivity index (χ1v) is 12.1. The first-order chi connectivity index (χ1) is 14.3. The molecule has 0 aromatic heterocycles. The Bertz CT molecular complexity index is 1010. The van der Waals surface area contributed by atoms with Crippen molar-refractivity contribution >= 4 is 44.8 Å². The van der Waals surface area contributed by atoms with Crippen molar-refractivity contribution in [3.05, 3.63) is 58.1 Å². The molecule has 0 radical (unpaired) electrons.